The molecule has 1 atom stereocenters. The van der Waals surface area contributed by atoms with Crippen LogP contribution < -0.4 is 5.32 Å². The van der Waals surface area contributed by atoms with E-state index in [0.717, 1.165) is 18.8 Å². The maximum absolute atomic E-state index is 11.5. The Morgan fingerprint density at radius 3 is 2.38 bits per heavy atom. The van der Waals surface area contributed by atoms with Crippen molar-refractivity contribution in [2.24, 2.45) is 11.8 Å². The maximum atomic E-state index is 11.5. The van der Waals surface area contributed by atoms with Crippen LogP contribution in [0.4, 0.5) is 0 Å². The fraction of sp³-hybridized carbons (Fsp3) is 0.900. The van der Waals surface area contributed by atoms with Gasteiger partial charge in [0.25, 0.3) is 0 Å². The Kier molecular flexibility index (Phi) is 3.65. The zero-order chi connectivity index (χ0) is 10.0. The van der Waals surface area contributed by atoms with Crippen LogP contribution in [0.25, 0.3) is 0 Å². The lowest BCUT2D eigenvalue weighted by Gasteiger charge is -2.34. The largest absolute Gasteiger partial charge is 0.352 e. The van der Waals surface area contributed by atoms with E-state index in [0.29, 0.717) is 12.0 Å². The molecule has 0 aliphatic heterocycles. The molecule has 0 saturated heterocycles. The number of carbonyl (C=O) groups excluding carboxylic acids is 1. The lowest BCUT2D eigenvalue weighted by Crippen LogP contribution is -2.47. The summed E-state index contributed by atoms with van der Waals surface area (Å²) >= 11 is 4.27. The van der Waals surface area contributed by atoms with Gasteiger partial charge < -0.3 is 5.32 Å². The van der Waals surface area contributed by atoms with Crippen LogP contribution in [-0.4, -0.2) is 17.2 Å². The third kappa shape index (κ3) is 2.90. The molecule has 76 valence electrons. The smallest absolute Gasteiger partial charge is 0.233 e. The van der Waals surface area contributed by atoms with E-state index in [-0.39, 0.29) is 11.2 Å². The van der Waals surface area contributed by atoms with Crippen molar-refractivity contribution < 1.29 is 4.79 Å². The molecule has 1 rings (SSSR count). The first-order valence-electron chi connectivity index (χ1n) is 4.99. The minimum absolute atomic E-state index is 0.0928. The molecule has 0 radical (unpaired) electrons. The second-order valence-electron chi connectivity index (χ2n) is 4.47. The third-order valence-corrected chi connectivity index (χ3v) is 3.45. The van der Waals surface area contributed by atoms with E-state index in [2.05, 4.69) is 24.9 Å². The van der Waals surface area contributed by atoms with E-state index in [1.54, 1.807) is 0 Å². The lowest BCUT2D eigenvalue weighted by atomic mass is 9.82. The molecule has 1 unspecified atom stereocenters. The summed E-state index contributed by atoms with van der Waals surface area (Å²) in [6, 6.07) is 0.413. The van der Waals surface area contributed by atoms with Gasteiger partial charge in [-0.25, -0.2) is 0 Å². The highest BCUT2D eigenvalue weighted by Gasteiger charge is 2.28. The van der Waals surface area contributed by atoms with Gasteiger partial charge in [0.05, 0.1) is 5.25 Å². The molecule has 1 N–H and O–H groups in total. The second-order valence-corrected chi connectivity index (χ2v) is 5.03. The molecule has 1 amide bonds. The van der Waals surface area contributed by atoms with Gasteiger partial charge in [0, 0.05) is 6.04 Å². The molecule has 1 fully saturated rings. The minimum Gasteiger partial charge on any atom is -0.352 e. The van der Waals surface area contributed by atoms with Gasteiger partial charge in [0.2, 0.25) is 5.91 Å². The quantitative estimate of drug-likeness (QED) is 0.670. The predicted octanol–water partition coefficient (Wildman–Crippen LogP) is 1.86. The van der Waals surface area contributed by atoms with Crippen LogP contribution in [0.5, 0.6) is 0 Å². The number of carbonyl (C=O) groups is 1. The number of hydrogen-bond acceptors (Lipinski definition) is 2. The Morgan fingerprint density at radius 2 is 2.00 bits per heavy atom. The molecule has 0 bridgehead atoms. The van der Waals surface area contributed by atoms with Crippen molar-refractivity contribution in [3.63, 3.8) is 0 Å². The van der Waals surface area contributed by atoms with Gasteiger partial charge in [-0.1, -0.05) is 20.8 Å². The summed E-state index contributed by atoms with van der Waals surface area (Å²) in [5, 5.41) is 2.86. The van der Waals surface area contributed by atoms with E-state index in [4.69, 9.17) is 0 Å². The van der Waals surface area contributed by atoms with Gasteiger partial charge >= 0.3 is 0 Å². The molecular formula is C10H19NOS. The van der Waals surface area contributed by atoms with Crippen LogP contribution in [0.15, 0.2) is 0 Å². The lowest BCUT2D eigenvalue weighted by molar-refractivity contribution is -0.122. The molecule has 1 aliphatic rings. The average molecular weight is 201 g/mol. The zero-order valence-electron chi connectivity index (χ0n) is 8.58. The van der Waals surface area contributed by atoms with E-state index in [1.165, 1.54) is 0 Å². The van der Waals surface area contributed by atoms with Crippen LogP contribution in [0.3, 0.4) is 0 Å². The van der Waals surface area contributed by atoms with Crippen molar-refractivity contribution in [2.45, 2.75) is 44.9 Å². The summed E-state index contributed by atoms with van der Waals surface area (Å²) in [5.41, 5.74) is 0. The summed E-state index contributed by atoms with van der Waals surface area (Å²) in [6.45, 7) is 6.24. The highest BCUT2D eigenvalue weighted by molar-refractivity contribution is 7.81. The van der Waals surface area contributed by atoms with E-state index >= 15 is 0 Å². The first-order valence-corrected chi connectivity index (χ1v) is 5.50. The third-order valence-electron chi connectivity index (χ3n) is 2.62. The molecule has 0 aromatic carbocycles. The molecule has 0 heterocycles. The van der Waals surface area contributed by atoms with Gasteiger partial charge in [0.15, 0.2) is 0 Å². The first-order chi connectivity index (χ1) is 6.00. The molecule has 0 aromatic heterocycles. The summed E-state index contributed by atoms with van der Waals surface area (Å²) in [7, 11) is 0. The highest BCUT2D eigenvalue weighted by Crippen LogP contribution is 2.26. The SMILES string of the molecule is CC1CC(NC(=O)C(S)C(C)C)C1. The first kappa shape index (κ1) is 10.9. The molecule has 3 heteroatoms. The highest BCUT2D eigenvalue weighted by atomic mass is 32.1. The van der Waals surface area contributed by atoms with Gasteiger partial charge in [-0.2, -0.15) is 12.6 Å². The number of rotatable bonds is 3. The molecule has 13 heavy (non-hydrogen) atoms. The summed E-state index contributed by atoms with van der Waals surface area (Å²) in [4.78, 5) is 11.5. The standard InChI is InChI=1S/C10H19NOS/c1-6(2)9(13)10(12)11-8-4-7(3)5-8/h6-9,13H,4-5H2,1-3H3,(H,11,12). The fourth-order valence-corrected chi connectivity index (χ4v) is 1.68. The van der Waals surface area contributed by atoms with Crippen LogP contribution >= 0.6 is 12.6 Å². The molecular weight excluding hydrogens is 182 g/mol. The minimum atomic E-state index is -0.157. The normalized spacial score (nSPS) is 29.6. The van der Waals surface area contributed by atoms with Gasteiger partial charge in [0.1, 0.15) is 0 Å². The van der Waals surface area contributed by atoms with Crippen LogP contribution in [-0.2, 0) is 4.79 Å². The maximum Gasteiger partial charge on any atom is 0.233 e. The molecule has 0 aromatic rings. The zero-order valence-corrected chi connectivity index (χ0v) is 9.47. The molecule has 1 aliphatic carbocycles. The Morgan fingerprint density at radius 1 is 1.46 bits per heavy atom. The van der Waals surface area contributed by atoms with E-state index < -0.39 is 0 Å². The van der Waals surface area contributed by atoms with E-state index in [1.807, 2.05) is 13.8 Å². The van der Waals surface area contributed by atoms with Crippen molar-refractivity contribution in [1.29, 1.82) is 0 Å². The van der Waals surface area contributed by atoms with Crippen molar-refractivity contribution in [3.8, 4) is 0 Å². The van der Waals surface area contributed by atoms with Gasteiger partial charge in [-0.15, -0.1) is 0 Å². The second kappa shape index (κ2) is 4.36. The molecule has 0 spiro atoms. The topological polar surface area (TPSA) is 29.1 Å². The Hall–Kier alpha value is -0.180. The molecule has 2 nitrogen and oxygen atoms in total. The van der Waals surface area contributed by atoms with Crippen LogP contribution in [0.2, 0.25) is 0 Å². The number of amides is 1. The monoisotopic (exact) mass is 201 g/mol. The van der Waals surface area contributed by atoms with Gasteiger partial charge in [-0.3, -0.25) is 4.79 Å². The van der Waals surface area contributed by atoms with E-state index in [9.17, 15) is 4.79 Å². The summed E-state index contributed by atoms with van der Waals surface area (Å²) < 4.78 is 0. The summed E-state index contributed by atoms with van der Waals surface area (Å²) in [5.74, 6) is 1.18. The Balaban J connectivity index is 2.25. The Bertz CT molecular complexity index is 187. The number of thiol groups is 1. The van der Waals surface area contributed by atoms with Crippen LogP contribution in [0.1, 0.15) is 33.6 Å². The van der Waals surface area contributed by atoms with Crippen molar-refractivity contribution in [1.82, 2.24) is 5.32 Å². The Labute approximate surface area is 85.9 Å². The predicted molar refractivity (Wildman–Crippen MR) is 57.9 cm³/mol. The number of nitrogens with one attached hydrogen (secondary N) is 1. The number of hydrogen-bond donors (Lipinski definition) is 2. The average Bonchev–Trinajstić information content (AvgIpc) is 2.00. The van der Waals surface area contributed by atoms with Crippen LogP contribution in [0, 0.1) is 11.8 Å². The van der Waals surface area contributed by atoms with Crippen molar-refractivity contribution >= 4 is 18.5 Å². The fourth-order valence-electron chi connectivity index (χ4n) is 1.61. The van der Waals surface area contributed by atoms with Crippen molar-refractivity contribution in [2.75, 3.05) is 0 Å². The van der Waals surface area contributed by atoms with Crippen molar-refractivity contribution in [3.05, 3.63) is 0 Å². The molecule has 1 saturated carbocycles. The van der Waals surface area contributed by atoms with Gasteiger partial charge in [-0.05, 0) is 24.7 Å². The summed E-state index contributed by atoms with van der Waals surface area (Å²) in [6.07, 6.45) is 2.26.